The average molecular weight is 285 g/mol. The highest BCUT2D eigenvalue weighted by atomic mass is 32.2. The van der Waals surface area contributed by atoms with Crippen molar-refractivity contribution < 1.29 is 17.8 Å². The van der Waals surface area contributed by atoms with Gasteiger partial charge in [-0.1, -0.05) is 26.0 Å². The second-order valence-electron chi connectivity index (χ2n) is 4.83. The van der Waals surface area contributed by atoms with E-state index < -0.39 is 10.1 Å². The van der Waals surface area contributed by atoms with E-state index in [-0.39, 0.29) is 22.6 Å². The molecule has 1 aromatic carbocycles. The standard InChI is InChI=1S/C13H19NO4S/c1-9(3-4-10(2)13(14)15)11-5-7-12(8-6-11)19(16,17)18/h5-10H,3-4H2,1-2H3,(H2,14,15)(H,16,17,18). The first kappa shape index (κ1) is 15.7. The van der Waals surface area contributed by atoms with Crippen LogP contribution in [0.5, 0.6) is 0 Å². The van der Waals surface area contributed by atoms with Crippen molar-refractivity contribution in [1.29, 1.82) is 0 Å². The van der Waals surface area contributed by atoms with Gasteiger partial charge in [0.15, 0.2) is 0 Å². The van der Waals surface area contributed by atoms with Crippen LogP contribution >= 0.6 is 0 Å². The minimum Gasteiger partial charge on any atom is -0.369 e. The summed E-state index contributed by atoms with van der Waals surface area (Å²) in [6.45, 7) is 3.78. The summed E-state index contributed by atoms with van der Waals surface area (Å²) < 4.78 is 30.7. The molecule has 0 aromatic heterocycles. The van der Waals surface area contributed by atoms with Gasteiger partial charge in [0.1, 0.15) is 0 Å². The van der Waals surface area contributed by atoms with Gasteiger partial charge in [0.05, 0.1) is 4.90 Å². The van der Waals surface area contributed by atoms with Crippen molar-refractivity contribution >= 4 is 16.0 Å². The van der Waals surface area contributed by atoms with Crippen LogP contribution in [0.4, 0.5) is 0 Å². The Morgan fingerprint density at radius 1 is 1.21 bits per heavy atom. The molecule has 1 amide bonds. The molecule has 2 unspecified atom stereocenters. The van der Waals surface area contributed by atoms with Crippen molar-refractivity contribution in [3.63, 3.8) is 0 Å². The maximum absolute atomic E-state index is 10.9. The molecule has 0 radical (unpaired) electrons. The Balaban J connectivity index is 2.68. The zero-order chi connectivity index (χ0) is 14.6. The summed E-state index contributed by atoms with van der Waals surface area (Å²) >= 11 is 0. The number of hydrogen-bond acceptors (Lipinski definition) is 3. The first-order chi connectivity index (χ1) is 8.71. The molecule has 1 rings (SSSR count). The molecule has 3 N–H and O–H groups in total. The van der Waals surface area contributed by atoms with E-state index in [1.165, 1.54) is 12.1 Å². The van der Waals surface area contributed by atoms with Gasteiger partial charge in [-0.3, -0.25) is 9.35 Å². The molecule has 6 heteroatoms. The molecule has 0 fully saturated rings. The minimum absolute atomic E-state index is 0.117. The molecule has 0 aliphatic rings. The highest BCUT2D eigenvalue weighted by molar-refractivity contribution is 7.85. The van der Waals surface area contributed by atoms with Crippen molar-refractivity contribution in [2.75, 3.05) is 0 Å². The summed E-state index contributed by atoms with van der Waals surface area (Å²) in [5.41, 5.74) is 6.16. The maximum atomic E-state index is 10.9. The van der Waals surface area contributed by atoms with Crippen molar-refractivity contribution in [3.8, 4) is 0 Å². The van der Waals surface area contributed by atoms with E-state index in [4.69, 9.17) is 10.3 Å². The smallest absolute Gasteiger partial charge is 0.294 e. The fourth-order valence-electron chi connectivity index (χ4n) is 1.78. The number of primary amides is 1. The lowest BCUT2D eigenvalue weighted by Gasteiger charge is -2.14. The monoisotopic (exact) mass is 285 g/mol. The van der Waals surface area contributed by atoms with E-state index in [2.05, 4.69) is 0 Å². The van der Waals surface area contributed by atoms with Crippen molar-refractivity contribution in [1.82, 2.24) is 0 Å². The molecule has 5 nitrogen and oxygen atoms in total. The van der Waals surface area contributed by atoms with Crippen molar-refractivity contribution in [3.05, 3.63) is 29.8 Å². The quantitative estimate of drug-likeness (QED) is 0.780. The van der Waals surface area contributed by atoms with Crippen LogP contribution in [0, 0.1) is 5.92 Å². The Bertz CT molecular complexity index is 536. The third kappa shape index (κ3) is 4.65. The predicted octanol–water partition coefficient (Wildman–Crippen LogP) is 1.94. The van der Waals surface area contributed by atoms with E-state index in [1.807, 2.05) is 6.92 Å². The Morgan fingerprint density at radius 2 is 1.74 bits per heavy atom. The van der Waals surface area contributed by atoms with E-state index in [1.54, 1.807) is 19.1 Å². The van der Waals surface area contributed by atoms with Gasteiger partial charge >= 0.3 is 0 Å². The normalized spacial score (nSPS) is 14.9. The summed E-state index contributed by atoms with van der Waals surface area (Å²) in [5.74, 6) is -0.286. The molecule has 0 bridgehead atoms. The third-order valence-electron chi connectivity index (χ3n) is 3.27. The number of benzene rings is 1. The van der Waals surface area contributed by atoms with Gasteiger partial charge in [-0.25, -0.2) is 0 Å². The van der Waals surface area contributed by atoms with Crippen LogP contribution in [0.25, 0.3) is 0 Å². The van der Waals surface area contributed by atoms with Gasteiger partial charge in [0.2, 0.25) is 5.91 Å². The highest BCUT2D eigenvalue weighted by Gasteiger charge is 2.14. The first-order valence-electron chi connectivity index (χ1n) is 6.08. The molecule has 2 atom stereocenters. The minimum atomic E-state index is -4.14. The van der Waals surface area contributed by atoms with Gasteiger partial charge in [-0.2, -0.15) is 8.42 Å². The molecule has 19 heavy (non-hydrogen) atoms. The lowest BCUT2D eigenvalue weighted by Crippen LogP contribution is -2.20. The Labute approximate surface area is 113 Å². The molecular weight excluding hydrogens is 266 g/mol. The number of carbonyl (C=O) groups excluding carboxylic acids is 1. The second kappa shape index (κ2) is 6.16. The summed E-state index contributed by atoms with van der Waals surface area (Å²) in [5, 5.41) is 0. The Kier molecular flexibility index (Phi) is 5.08. The van der Waals surface area contributed by atoms with Gasteiger partial charge in [0, 0.05) is 5.92 Å². The van der Waals surface area contributed by atoms with E-state index in [0.717, 1.165) is 12.0 Å². The van der Waals surface area contributed by atoms with Crippen LogP contribution in [-0.2, 0) is 14.9 Å². The second-order valence-corrected chi connectivity index (χ2v) is 6.25. The molecule has 106 valence electrons. The summed E-state index contributed by atoms with van der Waals surface area (Å²) in [7, 11) is -4.14. The number of rotatable bonds is 6. The third-order valence-corrected chi connectivity index (χ3v) is 4.13. The molecule has 0 saturated heterocycles. The van der Waals surface area contributed by atoms with Gasteiger partial charge in [-0.05, 0) is 36.5 Å². The lowest BCUT2D eigenvalue weighted by atomic mass is 9.92. The molecule has 0 saturated carbocycles. The Morgan fingerprint density at radius 3 is 2.16 bits per heavy atom. The van der Waals surface area contributed by atoms with E-state index in [0.29, 0.717) is 6.42 Å². The summed E-state index contributed by atoms with van der Waals surface area (Å²) in [6, 6.07) is 6.09. The predicted molar refractivity (Wildman–Crippen MR) is 72.3 cm³/mol. The van der Waals surface area contributed by atoms with Crippen LogP contribution < -0.4 is 5.73 Å². The number of amides is 1. The zero-order valence-electron chi connectivity index (χ0n) is 11.0. The number of hydrogen-bond donors (Lipinski definition) is 2. The molecule has 0 aliphatic carbocycles. The van der Waals surface area contributed by atoms with Crippen molar-refractivity contribution in [2.24, 2.45) is 11.7 Å². The largest absolute Gasteiger partial charge is 0.369 e. The molecular formula is C13H19NO4S. The molecule has 1 aromatic rings. The fourth-order valence-corrected chi connectivity index (χ4v) is 2.26. The maximum Gasteiger partial charge on any atom is 0.294 e. The average Bonchev–Trinajstić information content (AvgIpc) is 2.34. The molecule has 0 heterocycles. The van der Waals surface area contributed by atoms with Crippen LogP contribution in [0.1, 0.15) is 38.2 Å². The van der Waals surface area contributed by atoms with Crippen LogP contribution in [0.15, 0.2) is 29.2 Å². The van der Waals surface area contributed by atoms with Crippen LogP contribution in [-0.4, -0.2) is 18.9 Å². The number of carbonyl (C=O) groups is 1. The molecule has 0 aliphatic heterocycles. The SMILES string of the molecule is CC(CCC(C)c1ccc(S(=O)(=O)O)cc1)C(N)=O. The van der Waals surface area contributed by atoms with E-state index in [9.17, 15) is 13.2 Å². The van der Waals surface area contributed by atoms with E-state index >= 15 is 0 Å². The van der Waals surface area contributed by atoms with Gasteiger partial charge in [0.25, 0.3) is 10.1 Å². The van der Waals surface area contributed by atoms with Crippen molar-refractivity contribution in [2.45, 2.75) is 37.5 Å². The zero-order valence-corrected chi connectivity index (χ0v) is 11.9. The Hall–Kier alpha value is -1.40. The highest BCUT2D eigenvalue weighted by Crippen LogP contribution is 2.24. The lowest BCUT2D eigenvalue weighted by molar-refractivity contribution is -0.121. The summed E-state index contributed by atoms with van der Waals surface area (Å²) in [4.78, 5) is 10.8. The topological polar surface area (TPSA) is 97.5 Å². The molecule has 0 spiro atoms. The number of nitrogens with two attached hydrogens (primary N) is 1. The van der Waals surface area contributed by atoms with Crippen LogP contribution in [0.2, 0.25) is 0 Å². The van der Waals surface area contributed by atoms with Crippen LogP contribution in [0.3, 0.4) is 0 Å². The van der Waals surface area contributed by atoms with Gasteiger partial charge < -0.3 is 5.73 Å². The van der Waals surface area contributed by atoms with Gasteiger partial charge in [-0.15, -0.1) is 0 Å². The first-order valence-corrected chi connectivity index (χ1v) is 7.52. The summed E-state index contributed by atoms with van der Waals surface area (Å²) in [6.07, 6.45) is 1.48. The fraction of sp³-hybridized carbons (Fsp3) is 0.462.